The van der Waals surface area contributed by atoms with Gasteiger partial charge in [-0.1, -0.05) is 12.8 Å². The normalized spacial score (nSPS) is 12.4. The molecule has 0 aromatic heterocycles. The van der Waals surface area contributed by atoms with Crippen molar-refractivity contribution < 1.29 is 85.3 Å². The van der Waals surface area contributed by atoms with Crippen molar-refractivity contribution in [3.8, 4) is 0 Å². The minimum absolute atomic E-state index is 0.188. The molecule has 0 aromatic rings. The van der Waals surface area contributed by atoms with Gasteiger partial charge < -0.3 is 30.6 Å². The van der Waals surface area contributed by atoms with E-state index in [0.29, 0.717) is 12.8 Å². The molecule has 0 fully saturated rings. The van der Waals surface area contributed by atoms with E-state index in [0.717, 1.165) is 12.8 Å². The third-order valence-electron chi connectivity index (χ3n) is 3.52. The van der Waals surface area contributed by atoms with Crippen LogP contribution in [0.15, 0.2) is 0 Å². The Hall–Kier alpha value is -3.36. The summed E-state index contributed by atoms with van der Waals surface area (Å²) in [7, 11) is -9.68. The lowest BCUT2D eigenvalue weighted by atomic mass is 10.1. The molecule has 0 aromatic carbocycles. The van der Waals surface area contributed by atoms with Crippen LogP contribution in [-0.4, -0.2) is 103 Å². The van der Waals surface area contributed by atoms with E-state index >= 15 is 0 Å². The van der Waals surface area contributed by atoms with E-state index < -0.39 is 79.4 Å². The molecule has 0 aliphatic heterocycles. The lowest BCUT2D eigenvalue weighted by Crippen LogP contribution is -2.31. The van der Waals surface area contributed by atoms with Crippen molar-refractivity contribution in [2.75, 3.05) is 0 Å². The van der Waals surface area contributed by atoms with Gasteiger partial charge in [-0.25, -0.2) is 0 Å². The summed E-state index contributed by atoms with van der Waals surface area (Å²) in [6, 6.07) is 0. The van der Waals surface area contributed by atoms with Crippen LogP contribution in [0.4, 0.5) is 0 Å². The Bertz CT molecular complexity index is 901. The number of aliphatic carboxylic acids is 6. The van der Waals surface area contributed by atoms with Crippen LogP contribution in [0.2, 0.25) is 0 Å². The van der Waals surface area contributed by atoms with Crippen molar-refractivity contribution in [1.29, 1.82) is 0 Å². The van der Waals surface area contributed by atoms with Crippen LogP contribution < -0.4 is 0 Å². The molecule has 18 nitrogen and oxygen atoms in total. The van der Waals surface area contributed by atoms with Gasteiger partial charge in [-0.05, 0) is 12.8 Å². The number of carboxylic acids is 6. The van der Waals surface area contributed by atoms with Crippen LogP contribution in [0.5, 0.6) is 0 Å². The second-order valence-corrected chi connectivity index (χ2v) is 9.78. The number of hydrogen-bond donors (Lipinski definition) is 8. The predicted octanol–water partition coefficient (Wildman–Crippen LogP) is -0.900. The number of rotatable bonds is 15. The largest absolute Gasteiger partial charge is 0.481 e. The molecule has 0 heterocycles. The van der Waals surface area contributed by atoms with Crippen molar-refractivity contribution in [1.82, 2.24) is 0 Å². The van der Waals surface area contributed by atoms with Gasteiger partial charge in [0.1, 0.15) is 0 Å². The van der Waals surface area contributed by atoms with Crippen LogP contribution in [0.1, 0.15) is 51.4 Å². The highest BCUT2D eigenvalue weighted by Crippen LogP contribution is 2.06. The Kier molecular flexibility index (Phi) is 18.6. The number of hydrogen-bond acceptors (Lipinski definition) is 10. The van der Waals surface area contributed by atoms with Gasteiger partial charge in [0.2, 0.25) is 0 Å². The Balaban J connectivity index is -0.000000454. The molecule has 2 atom stereocenters. The molecule has 0 saturated carbocycles. The summed E-state index contributed by atoms with van der Waals surface area (Å²) in [4.78, 5) is 60.1. The van der Waals surface area contributed by atoms with Crippen LogP contribution in [0, 0.1) is 0 Å². The topological polar surface area (TPSA) is 333 Å². The molecule has 36 heavy (non-hydrogen) atoms. The zero-order valence-corrected chi connectivity index (χ0v) is 19.9. The van der Waals surface area contributed by atoms with E-state index in [9.17, 15) is 45.6 Å². The highest BCUT2D eigenvalue weighted by Gasteiger charge is 2.33. The van der Waals surface area contributed by atoms with Crippen molar-refractivity contribution >= 4 is 56.1 Å². The fraction of sp³-hybridized carbons (Fsp3) is 0.625. The maximum absolute atomic E-state index is 10.2. The number of carbonyl (C=O) groups is 6. The lowest BCUT2D eigenvalue weighted by molar-refractivity contribution is -0.143. The van der Waals surface area contributed by atoms with Crippen molar-refractivity contribution in [2.24, 2.45) is 0 Å². The Morgan fingerprint density at radius 3 is 0.833 bits per heavy atom. The van der Waals surface area contributed by atoms with Crippen LogP contribution in [-0.2, 0) is 49.0 Å². The summed E-state index contributed by atoms with van der Waals surface area (Å²) in [5.74, 6) is -8.57. The summed E-state index contributed by atoms with van der Waals surface area (Å²) < 4.78 is 57.3. The molecule has 8 N–H and O–H groups in total. The maximum Gasteiger partial charge on any atom is 0.325 e. The molecule has 0 amide bonds. The maximum atomic E-state index is 10.2. The lowest BCUT2D eigenvalue weighted by Gasteiger charge is -2.04. The molecule has 210 valence electrons. The minimum atomic E-state index is -4.84. The Morgan fingerprint density at radius 2 is 0.722 bits per heavy atom. The van der Waals surface area contributed by atoms with Crippen LogP contribution in [0.25, 0.3) is 0 Å². The zero-order valence-electron chi connectivity index (χ0n) is 18.3. The summed E-state index contributed by atoms with van der Waals surface area (Å²) >= 11 is 0. The summed E-state index contributed by atoms with van der Waals surface area (Å²) in [5.41, 5.74) is 0. The van der Waals surface area contributed by atoms with E-state index in [4.69, 9.17) is 39.7 Å². The average molecular weight is 571 g/mol. The molecule has 2 unspecified atom stereocenters. The summed E-state index contributed by atoms with van der Waals surface area (Å²) in [6.45, 7) is 0. The first kappa shape index (κ1) is 37.2. The second-order valence-electron chi connectivity index (χ2n) is 6.58. The Morgan fingerprint density at radius 1 is 0.472 bits per heavy atom. The van der Waals surface area contributed by atoms with Gasteiger partial charge in [0.05, 0.1) is 12.8 Å². The minimum Gasteiger partial charge on any atom is -0.481 e. The smallest absolute Gasteiger partial charge is 0.325 e. The van der Waals surface area contributed by atoms with Gasteiger partial charge in [-0.2, -0.15) is 16.8 Å². The van der Waals surface area contributed by atoms with Crippen molar-refractivity contribution in [2.45, 2.75) is 61.9 Å². The van der Waals surface area contributed by atoms with Gasteiger partial charge in [-0.15, -0.1) is 0 Å². The van der Waals surface area contributed by atoms with Gasteiger partial charge in [0, 0.05) is 12.8 Å². The van der Waals surface area contributed by atoms with Gasteiger partial charge >= 0.3 is 35.8 Å². The van der Waals surface area contributed by atoms with E-state index in [2.05, 4.69) is 0 Å². The van der Waals surface area contributed by atoms with E-state index in [1.165, 1.54) is 0 Å². The first-order chi connectivity index (χ1) is 16.1. The first-order valence-electron chi connectivity index (χ1n) is 9.38. The molecule has 0 rings (SSSR count). The van der Waals surface area contributed by atoms with Crippen LogP contribution in [0.3, 0.4) is 0 Å². The quantitative estimate of drug-likeness (QED) is 0.0872. The monoisotopic (exact) mass is 570 g/mol. The summed E-state index contributed by atoms with van der Waals surface area (Å²) in [6.07, 6.45) is 0.964. The molecular formula is C16H26O18S2. The fourth-order valence-electron chi connectivity index (χ4n) is 1.86. The molecule has 0 aliphatic rings. The molecule has 0 saturated heterocycles. The van der Waals surface area contributed by atoms with Crippen LogP contribution >= 0.6 is 0 Å². The van der Waals surface area contributed by atoms with E-state index in [1.54, 1.807) is 0 Å². The van der Waals surface area contributed by atoms with Crippen molar-refractivity contribution in [3.63, 3.8) is 0 Å². The van der Waals surface area contributed by atoms with Gasteiger partial charge in [0.25, 0.3) is 20.2 Å². The van der Waals surface area contributed by atoms with E-state index in [1.807, 2.05) is 0 Å². The molecular weight excluding hydrogens is 544 g/mol. The third-order valence-corrected chi connectivity index (χ3v) is 5.70. The first-order valence-corrected chi connectivity index (χ1v) is 12.4. The average Bonchev–Trinajstić information content (AvgIpc) is 2.65. The molecule has 0 aliphatic carbocycles. The standard InChI is InChI=1S/C8H14O4.2C4H6O7S/c9-7(10)5-3-1-2-4-6-8(11)12;2*5-3(6)1-2(4(7)8)12(9,10)11/h1-6H2,(H,9,10)(H,11,12);2*2H,1H2,(H,5,6)(H,7,8)(H,9,10,11). The van der Waals surface area contributed by atoms with Gasteiger partial charge in [-0.3, -0.25) is 37.9 Å². The summed E-state index contributed by atoms with van der Waals surface area (Å²) in [5, 5.41) is 44.4. The van der Waals surface area contributed by atoms with Crippen molar-refractivity contribution in [3.05, 3.63) is 0 Å². The number of carboxylic acid groups (broad SMARTS) is 6. The molecule has 0 radical (unpaired) electrons. The highest BCUT2D eigenvalue weighted by atomic mass is 32.2. The molecule has 0 spiro atoms. The zero-order chi connectivity index (χ0) is 29.3. The van der Waals surface area contributed by atoms with Gasteiger partial charge in [0.15, 0.2) is 10.5 Å². The predicted molar refractivity (Wildman–Crippen MR) is 113 cm³/mol. The highest BCUT2D eigenvalue weighted by molar-refractivity contribution is 7.87. The Labute approximate surface area is 203 Å². The number of unbranched alkanes of at least 4 members (excludes halogenated alkanes) is 3. The second kappa shape index (κ2) is 18.0. The third kappa shape index (κ3) is 23.8. The van der Waals surface area contributed by atoms with E-state index in [-0.39, 0.29) is 12.8 Å². The fourth-order valence-corrected chi connectivity index (χ4v) is 3.08. The molecule has 0 bridgehead atoms. The molecule has 20 heteroatoms. The SMILES string of the molecule is O=C(O)CC(C(=O)O)S(=O)(=O)O.O=C(O)CC(C(=O)O)S(=O)(=O)O.O=C(O)CCCCCCC(=O)O.